The number of aliphatic carboxylic acids is 1. The van der Waals surface area contributed by atoms with Crippen LogP contribution in [0.2, 0.25) is 0 Å². The molecule has 0 radical (unpaired) electrons. The summed E-state index contributed by atoms with van der Waals surface area (Å²) in [7, 11) is 0. The maximum atomic E-state index is 12.3. The number of carboxylic acid groups (broad SMARTS) is 1. The quantitative estimate of drug-likeness (QED) is 0.828. The lowest BCUT2D eigenvalue weighted by Gasteiger charge is -2.34. The predicted octanol–water partition coefficient (Wildman–Crippen LogP) is 2.36. The van der Waals surface area contributed by atoms with Gasteiger partial charge in [-0.3, -0.25) is 9.59 Å². The minimum Gasteiger partial charge on any atom is -0.481 e. The Morgan fingerprint density at radius 1 is 1.30 bits per heavy atom. The summed E-state index contributed by atoms with van der Waals surface area (Å²) in [4.78, 5) is 23.7. The zero-order valence-electron chi connectivity index (χ0n) is 11.5. The molecule has 0 aliphatic heterocycles. The van der Waals surface area contributed by atoms with Gasteiger partial charge in [0.05, 0.1) is 11.3 Å². The van der Waals surface area contributed by atoms with E-state index in [1.807, 2.05) is 42.5 Å². The first-order chi connectivity index (χ1) is 9.54. The molecule has 1 aliphatic carbocycles. The van der Waals surface area contributed by atoms with Gasteiger partial charge in [-0.1, -0.05) is 42.5 Å². The third-order valence-corrected chi connectivity index (χ3v) is 3.96. The van der Waals surface area contributed by atoms with Crippen LogP contribution in [0.15, 0.2) is 42.5 Å². The van der Waals surface area contributed by atoms with Crippen LogP contribution < -0.4 is 5.32 Å². The van der Waals surface area contributed by atoms with Crippen LogP contribution >= 0.6 is 0 Å². The normalized spacial score (nSPS) is 25.1. The van der Waals surface area contributed by atoms with Gasteiger partial charge >= 0.3 is 5.97 Å². The van der Waals surface area contributed by atoms with Crippen molar-refractivity contribution in [3.05, 3.63) is 48.0 Å². The lowest BCUT2D eigenvalue weighted by Crippen LogP contribution is -2.45. The number of hydrogen-bond donors (Lipinski definition) is 2. The Morgan fingerprint density at radius 2 is 2.00 bits per heavy atom. The molecule has 0 bridgehead atoms. The van der Waals surface area contributed by atoms with E-state index in [-0.39, 0.29) is 5.91 Å². The van der Waals surface area contributed by atoms with Crippen molar-refractivity contribution < 1.29 is 14.7 Å². The first-order valence-corrected chi connectivity index (χ1v) is 6.74. The molecule has 20 heavy (non-hydrogen) atoms. The van der Waals surface area contributed by atoms with Gasteiger partial charge in [-0.25, -0.2) is 0 Å². The average molecular weight is 273 g/mol. The van der Waals surface area contributed by atoms with Crippen molar-refractivity contribution in [2.75, 3.05) is 0 Å². The number of rotatable bonds is 4. The Morgan fingerprint density at radius 3 is 2.65 bits per heavy atom. The molecule has 0 saturated carbocycles. The van der Waals surface area contributed by atoms with Crippen molar-refractivity contribution in [1.29, 1.82) is 0 Å². The molecule has 2 N–H and O–H groups in total. The first kappa shape index (κ1) is 14.3. The van der Waals surface area contributed by atoms with E-state index in [9.17, 15) is 14.7 Å². The van der Waals surface area contributed by atoms with Crippen molar-refractivity contribution in [3.63, 3.8) is 0 Å². The number of hydrogen-bond acceptors (Lipinski definition) is 2. The van der Waals surface area contributed by atoms with Crippen molar-refractivity contribution in [2.45, 2.75) is 26.3 Å². The van der Waals surface area contributed by atoms with Crippen molar-refractivity contribution in [2.24, 2.45) is 11.3 Å². The lowest BCUT2D eigenvalue weighted by atomic mass is 9.69. The molecule has 0 fully saturated rings. The second-order valence-corrected chi connectivity index (χ2v) is 5.39. The molecule has 1 aromatic carbocycles. The van der Waals surface area contributed by atoms with Gasteiger partial charge in [0.15, 0.2) is 0 Å². The molecule has 0 spiro atoms. The maximum absolute atomic E-state index is 12.3. The summed E-state index contributed by atoms with van der Waals surface area (Å²) in [6, 6.07) is 9.59. The Balaban J connectivity index is 2.04. The fraction of sp³-hybridized carbons (Fsp3) is 0.375. The van der Waals surface area contributed by atoms with Crippen LogP contribution in [0.3, 0.4) is 0 Å². The molecule has 1 amide bonds. The number of carboxylic acids is 1. The molecule has 1 aliphatic rings. The summed E-state index contributed by atoms with van der Waals surface area (Å²) in [5.41, 5.74) is -0.0144. The summed E-state index contributed by atoms with van der Waals surface area (Å²) < 4.78 is 0. The van der Waals surface area contributed by atoms with Crippen LogP contribution in [0.1, 0.15) is 25.3 Å². The summed E-state index contributed by atoms with van der Waals surface area (Å²) in [6.45, 7) is 2.07. The third kappa shape index (κ3) is 2.90. The summed E-state index contributed by atoms with van der Waals surface area (Å²) in [5, 5.41) is 12.2. The summed E-state index contributed by atoms with van der Waals surface area (Å²) >= 11 is 0. The van der Waals surface area contributed by atoms with Crippen LogP contribution in [-0.2, 0) is 16.1 Å². The highest BCUT2D eigenvalue weighted by atomic mass is 16.4. The number of carbonyl (C=O) groups is 2. The van der Waals surface area contributed by atoms with E-state index < -0.39 is 17.3 Å². The van der Waals surface area contributed by atoms with Crippen LogP contribution in [0.4, 0.5) is 0 Å². The molecule has 1 aromatic rings. The number of amides is 1. The van der Waals surface area contributed by atoms with Gasteiger partial charge < -0.3 is 10.4 Å². The number of benzene rings is 1. The molecule has 106 valence electrons. The molecule has 0 aromatic heterocycles. The maximum Gasteiger partial charge on any atom is 0.310 e. The molecule has 0 saturated heterocycles. The highest BCUT2D eigenvalue weighted by Gasteiger charge is 2.45. The predicted molar refractivity (Wildman–Crippen MR) is 75.9 cm³/mol. The standard InChI is InChI=1S/C16H19NO3/c1-16(15(19)20)10-6-5-9-13(16)14(18)17-11-12-7-3-2-4-8-12/h2-8,13H,9-11H2,1H3,(H,17,18)(H,19,20)/t13-,16+/m0/s1. The van der Waals surface area contributed by atoms with E-state index in [0.717, 1.165) is 5.56 Å². The Kier molecular flexibility index (Phi) is 4.23. The molecular formula is C16H19NO3. The molecule has 2 rings (SSSR count). The van der Waals surface area contributed by atoms with Crippen molar-refractivity contribution in [3.8, 4) is 0 Å². The number of carbonyl (C=O) groups excluding carboxylic acids is 1. The molecule has 0 unspecified atom stereocenters. The van der Waals surface area contributed by atoms with E-state index in [1.165, 1.54) is 0 Å². The van der Waals surface area contributed by atoms with E-state index in [2.05, 4.69) is 5.32 Å². The SMILES string of the molecule is C[C@@]1(C(=O)O)CC=CC[C@H]1C(=O)NCc1ccccc1. The van der Waals surface area contributed by atoms with Gasteiger partial charge in [0, 0.05) is 6.54 Å². The van der Waals surface area contributed by atoms with Crippen LogP contribution in [0.5, 0.6) is 0 Å². The smallest absolute Gasteiger partial charge is 0.310 e. The Bertz CT molecular complexity index is 524. The topological polar surface area (TPSA) is 66.4 Å². The molecule has 4 nitrogen and oxygen atoms in total. The average Bonchev–Trinajstić information content (AvgIpc) is 2.46. The van der Waals surface area contributed by atoms with E-state index in [0.29, 0.717) is 19.4 Å². The molecule has 2 atom stereocenters. The van der Waals surface area contributed by atoms with Gasteiger partial charge in [-0.05, 0) is 25.3 Å². The van der Waals surface area contributed by atoms with Crippen LogP contribution in [-0.4, -0.2) is 17.0 Å². The van der Waals surface area contributed by atoms with Gasteiger partial charge in [0.1, 0.15) is 0 Å². The van der Waals surface area contributed by atoms with E-state index >= 15 is 0 Å². The summed E-state index contributed by atoms with van der Waals surface area (Å²) in [6.07, 6.45) is 4.60. The third-order valence-electron chi connectivity index (χ3n) is 3.96. The molecule has 4 heteroatoms. The molecule has 0 heterocycles. The van der Waals surface area contributed by atoms with E-state index in [4.69, 9.17) is 0 Å². The van der Waals surface area contributed by atoms with Gasteiger partial charge in [0.2, 0.25) is 5.91 Å². The Hall–Kier alpha value is -2.10. The highest BCUT2D eigenvalue weighted by Crippen LogP contribution is 2.38. The molecular weight excluding hydrogens is 254 g/mol. The largest absolute Gasteiger partial charge is 0.481 e. The van der Waals surface area contributed by atoms with Gasteiger partial charge in [0.25, 0.3) is 0 Å². The Labute approximate surface area is 118 Å². The zero-order valence-corrected chi connectivity index (χ0v) is 11.5. The highest BCUT2D eigenvalue weighted by molar-refractivity contribution is 5.87. The monoisotopic (exact) mass is 273 g/mol. The van der Waals surface area contributed by atoms with Crippen molar-refractivity contribution in [1.82, 2.24) is 5.32 Å². The number of nitrogens with one attached hydrogen (secondary N) is 1. The lowest BCUT2D eigenvalue weighted by molar-refractivity contribution is -0.155. The minimum atomic E-state index is -1.02. The summed E-state index contributed by atoms with van der Waals surface area (Å²) in [5.74, 6) is -1.63. The van der Waals surface area contributed by atoms with Gasteiger partial charge in [-0.15, -0.1) is 0 Å². The second-order valence-electron chi connectivity index (χ2n) is 5.39. The fourth-order valence-electron chi connectivity index (χ4n) is 2.50. The minimum absolute atomic E-state index is 0.192. The second kappa shape index (κ2) is 5.90. The van der Waals surface area contributed by atoms with E-state index in [1.54, 1.807) is 6.92 Å². The van der Waals surface area contributed by atoms with Crippen LogP contribution in [0.25, 0.3) is 0 Å². The van der Waals surface area contributed by atoms with Crippen molar-refractivity contribution >= 4 is 11.9 Å². The number of allylic oxidation sites excluding steroid dienone is 2. The van der Waals surface area contributed by atoms with Crippen LogP contribution in [0, 0.1) is 11.3 Å². The van der Waals surface area contributed by atoms with Gasteiger partial charge in [-0.2, -0.15) is 0 Å². The fourth-order valence-corrected chi connectivity index (χ4v) is 2.50. The first-order valence-electron chi connectivity index (χ1n) is 6.74. The zero-order chi connectivity index (χ0) is 14.6.